The van der Waals surface area contributed by atoms with Crippen LogP contribution in [0.2, 0.25) is 0 Å². The third-order valence-corrected chi connectivity index (χ3v) is 3.63. The van der Waals surface area contributed by atoms with Gasteiger partial charge in [-0.25, -0.2) is 4.79 Å². The summed E-state index contributed by atoms with van der Waals surface area (Å²) in [5.41, 5.74) is 0.246. The number of carbonyl (C=O) groups excluding carboxylic acids is 1. The first kappa shape index (κ1) is 15.4. The van der Waals surface area contributed by atoms with E-state index in [1.54, 1.807) is 0 Å². The number of aliphatic carboxylic acids is 1. The minimum atomic E-state index is -1.09. The largest absolute Gasteiger partial charge is 0.479 e. The molecule has 112 valence electrons. The van der Waals surface area contributed by atoms with E-state index < -0.39 is 29.0 Å². The zero-order chi connectivity index (χ0) is 15.6. The van der Waals surface area contributed by atoms with Crippen LogP contribution in [0.3, 0.4) is 0 Å². The van der Waals surface area contributed by atoms with Gasteiger partial charge in [-0.2, -0.15) is 0 Å². The molecule has 0 bridgehead atoms. The molecule has 1 aromatic carbocycles. The highest BCUT2D eigenvalue weighted by Gasteiger charge is 2.34. The first-order valence-electron chi connectivity index (χ1n) is 6.01. The van der Waals surface area contributed by atoms with Crippen molar-refractivity contribution in [3.05, 3.63) is 32.8 Å². The van der Waals surface area contributed by atoms with Crippen molar-refractivity contribution in [3.8, 4) is 0 Å². The maximum atomic E-state index is 11.9. The maximum Gasteiger partial charge on any atom is 0.332 e. The van der Waals surface area contributed by atoms with Crippen molar-refractivity contribution < 1.29 is 24.4 Å². The number of anilines is 1. The molecule has 0 radical (unpaired) electrons. The first-order valence-corrected chi connectivity index (χ1v) is 6.81. The predicted molar refractivity (Wildman–Crippen MR) is 75.0 cm³/mol. The molecule has 1 saturated heterocycles. The lowest BCUT2D eigenvalue weighted by atomic mass is 10.2. The van der Waals surface area contributed by atoms with Gasteiger partial charge in [0.1, 0.15) is 6.10 Å². The van der Waals surface area contributed by atoms with E-state index in [1.807, 2.05) is 0 Å². The number of carboxylic acids is 1. The second kappa shape index (κ2) is 6.19. The summed E-state index contributed by atoms with van der Waals surface area (Å²) in [7, 11) is 0. The van der Waals surface area contributed by atoms with E-state index in [0.29, 0.717) is 12.1 Å². The van der Waals surface area contributed by atoms with Gasteiger partial charge in [0.25, 0.3) is 11.6 Å². The van der Waals surface area contributed by atoms with Crippen LogP contribution in [0, 0.1) is 10.1 Å². The molecule has 0 unspecified atom stereocenters. The topological polar surface area (TPSA) is 119 Å². The molecule has 1 aliphatic rings. The molecule has 0 saturated carbocycles. The monoisotopic (exact) mass is 358 g/mol. The number of nitro benzene ring substituents is 1. The molecule has 0 aliphatic carbocycles. The smallest absolute Gasteiger partial charge is 0.332 e. The lowest BCUT2D eigenvalue weighted by Crippen LogP contribution is -2.29. The number of nitrogens with zero attached hydrogens (tertiary/aromatic N) is 1. The van der Waals surface area contributed by atoms with E-state index in [4.69, 9.17) is 9.84 Å². The Bertz CT molecular complexity index is 605. The number of rotatable bonds is 4. The lowest BCUT2D eigenvalue weighted by molar-refractivity contribution is -0.385. The standard InChI is InChI=1S/C12H11BrN2O6/c13-7-5-6(1-2-8(7)15(19)20)14-11(16)9-3-4-10(21-9)12(17)18/h1-2,5,9-10H,3-4H2,(H,14,16)(H,17,18)/t9-,10+/m0/s1. The van der Waals surface area contributed by atoms with Crippen molar-refractivity contribution in [3.63, 3.8) is 0 Å². The summed E-state index contributed by atoms with van der Waals surface area (Å²) in [5, 5.41) is 22.0. The molecule has 21 heavy (non-hydrogen) atoms. The van der Waals surface area contributed by atoms with Crippen LogP contribution < -0.4 is 5.32 Å². The molecule has 1 aliphatic heterocycles. The van der Waals surface area contributed by atoms with Crippen molar-refractivity contribution in [1.29, 1.82) is 0 Å². The third kappa shape index (κ3) is 3.56. The van der Waals surface area contributed by atoms with Gasteiger partial charge in [-0.3, -0.25) is 14.9 Å². The van der Waals surface area contributed by atoms with Crippen LogP contribution in [-0.4, -0.2) is 34.1 Å². The quantitative estimate of drug-likeness (QED) is 0.626. The third-order valence-electron chi connectivity index (χ3n) is 3.00. The zero-order valence-corrected chi connectivity index (χ0v) is 12.2. The number of hydrogen-bond acceptors (Lipinski definition) is 5. The van der Waals surface area contributed by atoms with E-state index in [0.717, 1.165) is 0 Å². The normalized spacial score (nSPS) is 21.0. The molecule has 2 atom stereocenters. The predicted octanol–water partition coefficient (Wildman–Crippen LogP) is 1.93. The summed E-state index contributed by atoms with van der Waals surface area (Å²) < 4.78 is 5.35. The summed E-state index contributed by atoms with van der Waals surface area (Å²) in [6.45, 7) is 0. The van der Waals surface area contributed by atoms with Crippen LogP contribution in [0.25, 0.3) is 0 Å². The van der Waals surface area contributed by atoms with Gasteiger partial charge in [0.05, 0.1) is 9.40 Å². The first-order chi connectivity index (χ1) is 9.88. The molecule has 2 rings (SSSR count). The number of benzene rings is 1. The minimum Gasteiger partial charge on any atom is -0.479 e. The maximum absolute atomic E-state index is 11.9. The fourth-order valence-electron chi connectivity index (χ4n) is 1.97. The molecule has 8 nitrogen and oxygen atoms in total. The van der Waals surface area contributed by atoms with Gasteiger partial charge in [0.15, 0.2) is 6.10 Å². The van der Waals surface area contributed by atoms with Crippen LogP contribution >= 0.6 is 15.9 Å². The van der Waals surface area contributed by atoms with E-state index in [-0.39, 0.29) is 16.6 Å². The summed E-state index contributed by atoms with van der Waals surface area (Å²) in [6.07, 6.45) is -1.21. The summed E-state index contributed by atoms with van der Waals surface area (Å²) in [4.78, 5) is 32.8. The lowest BCUT2D eigenvalue weighted by Gasteiger charge is -2.12. The Labute approximate surface area is 127 Å². The van der Waals surface area contributed by atoms with Crippen LogP contribution in [0.1, 0.15) is 12.8 Å². The van der Waals surface area contributed by atoms with Gasteiger partial charge in [-0.1, -0.05) is 0 Å². The van der Waals surface area contributed by atoms with E-state index >= 15 is 0 Å². The minimum absolute atomic E-state index is 0.115. The van der Waals surface area contributed by atoms with Gasteiger partial charge in [0, 0.05) is 11.8 Å². The summed E-state index contributed by atoms with van der Waals surface area (Å²) in [6, 6.07) is 4.05. The molecule has 1 fully saturated rings. The van der Waals surface area contributed by atoms with Crippen molar-refractivity contribution in [2.45, 2.75) is 25.0 Å². The van der Waals surface area contributed by atoms with Crippen LogP contribution in [0.15, 0.2) is 22.7 Å². The average Bonchev–Trinajstić information content (AvgIpc) is 2.88. The molecule has 2 N–H and O–H groups in total. The van der Waals surface area contributed by atoms with Gasteiger partial charge >= 0.3 is 5.97 Å². The molecule has 1 aromatic rings. The van der Waals surface area contributed by atoms with Crippen LogP contribution in [0.5, 0.6) is 0 Å². The Balaban J connectivity index is 2.02. The average molecular weight is 359 g/mol. The van der Waals surface area contributed by atoms with Crippen LogP contribution in [-0.2, 0) is 14.3 Å². The van der Waals surface area contributed by atoms with Gasteiger partial charge in [0.2, 0.25) is 0 Å². The summed E-state index contributed by atoms with van der Waals surface area (Å²) >= 11 is 3.05. The molecule has 9 heteroatoms. The fraction of sp³-hybridized carbons (Fsp3) is 0.333. The van der Waals surface area contributed by atoms with Crippen molar-refractivity contribution in [2.24, 2.45) is 0 Å². The number of hydrogen-bond donors (Lipinski definition) is 2. The van der Waals surface area contributed by atoms with E-state index in [2.05, 4.69) is 21.2 Å². The fourth-order valence-corrected chi connectivity index (χ4v) is 2.49. The number of carbonyl (C=O) groups is 2. The second-order valence-corrected chi connectivity index (χ2v) is 5.30. The van der Waals surface area contributed by atoms with Gasteiger partial charge < -0.3 is 15.2 Å². The Hall–Kier alpha value is -2.00. The van der Waals surface area contributed by atoms with Crippen molar-refractivity contribution in [1.82, 2.24) is 0 Å². The number of nitro groups is 1. The molecular formula is C12H11BrN2O6. The highest BCUT2D eigenvalue weighted by atomic mass is 79.9. The highest BCUT2D eigenvalue weighted by molar-refractivity contribution is 9.10. The van der Waals surface area contributed by atoms with Gasteiger partial charge in [-0.15, -0.1) is 0 Å². The Kier molecular flexibility index (Phi) is 4.53. The molecule has 0 aromatic heterocycles. The number of ether oxygens (including phenoxy) is 1. The highest BCUT2D eigenvalue weighted by Crippen LogP contribution is 2.28. The number of nitrogens with one attached hydrogen (secondary N) is 1. The van der Waals surface area contributed by atoms with E-state index in [1.165, 1.54) is 18.2 Å². The SMILES string of the molecule is O=C(Nc1ccc([N+](=O)[O-])c(Br)c1)[C@@H]1CC[C@H](C(=O)O)O1. The Morgan fingerprint density at radius 3 is 2.57 bits per heavy atom. The number of halogens is 1. The Morgan fingerprint density at radius 1 is 1.38 bits per heavy atom. The molecule has 1 heterocycles. The van der Waals surface area contributed by atoms with Crippen molar-refractivity contribution in [2.75, 3.05) is 5.32 Å². The van der Waals surface area contributed by atoms with Crippen molar-refractivity contribution >= 4 is 39.2 Å². The second-order valence-electron chi connectivity index (χ2n) is 4.44. The molecular weight excluding hydrogens is 348 g/mol. The zero-order valence-electron chi connectivity index (χ0n) is 10.6. The van der Waals surface area contributed by atoms with Crippen LogP contribution in [0.4, 0.5) is 11.4 Å². The number of carboxylic acid groups (broad SMARTS) is 1. The Morgan fingerprint density at radius 2 is 2.05 bits per heavy atom. The summed E-state index contributed by atoms with van der Waals surface area (Å²) in [5.74, 6) is -1.57. The molecule has 1 amide bonds. The van der Waals surface area contributed by atoms with Gasteiger partial charge in [-0.05, 0) is 40.9 Å². The molecule has 0 spiro atoms. The van der Waals surface area contributed by atoms with E-state index in [9.17, 15) is 19.7 Å². The number of amides is 1.